The van der Waals surface area contributed by atoms with Crippen molar-refractivity contribution >= 4 is 11.9 Å². The molecule has 2 aliphatic carbocycles. The second-order valence-corrected chi connectivity index (χ2v) is 8.47. The van der Waals surface area contributed by atoms with Crippen LogP contribution in [0.4, 0.5) is 0 Å². The number of ether oxygens (including phenoxy) is 2. The van der Waals surface area contributed by atoms with E-state index in [1.807, 2.05) is 0 Å². The van der Waals surface area contributed by atoms with Crippen LogP contribution >= 0.6 is 0 Å². The molecule has 1 saturated heterocycles. The molecule has 0 amide bonds. The Morgan fingerprint density at radius 3 is 2.84 bits per heavy atom. The highest BCUT2D eigenvalue weighted by molar-refractivity contribution is 5.92. The third-order valence-corrected chi connectivity index (χ3v) is 7.38. The number of esters is 2. The molecule has 0 aromatic carbocycles. The second-order valence-electron chi connectivity index (χ2n) is 8.47. The van der Waals surface area contributed by atoms with E-state index in [1.54, 1.807) is 0 Å². The number of allylic oxidation sites excluding steroid dienone is 1. The molecule has 1 saturated carbocycles. The smallest absolute Gasteiger partial charge is 0.334 e. The highest BCUT2D eigenvalue weighted by Gasteiger charge is 2.61. The van der Waals surface area contributed by atoms with Gasteiger partial charge in [-0.15, -0.1) is 0 Å². The van der Waals surface area contributed by atoms with E-state index in [9.17, 15) is 14.7 Å². The first kappa shape index (κ1) is 16.8. The molecule has 1 spiro atoms. The Labute approximate surface area is 148 Å². The quantitative estimate of drug-likeness (QED) is 0.795. The number of aliphatic hydroxyl groups is 1. The number of rotatable bonds is 3. The molecule has 5 unspecified atom stereocenters. The molecule has 2 aliphatic heterocycles. The summed E-state index contributed by atoms with van der Waals surface area (Å²) in [7, 11) is 0. The van der Waals surface area contributed by atoms with Crippen molar-refractivity contribution in [2.24, 2.45) is 22.7 Å². The van der Waals surface area contributed by atoms with Gasteiger partial charge in [-0.05, 0) is 49.4 Å². The summed E-state index contributed by atoms with van der Waals surface area (Å²) >= 11 is 0. The third-order valence-electron chi connectivity index (χ3n) is 7.38. The van der Waals surface area contributed by atoms with Gasteiger partial charge in [-0.25, -0.2) is 9.59 Å². The molecule has 25 heavy (non-hydrogen) atoms. The van der Waals surface area contributed by atoms with Crippen LogP contribution < -0.4 is 0 Å². The molecule has 5 heteroatoms. The van der Waals surface area contributed by atoms with E-state index in [0.29, 0.717) is 30.4 Å². The summed E-state index contributed by atoms with van der Waals surface area (Å²) < 4.78 is 10.4. The molecular weight excluding hydrogens is 320 g/mol. The maximum Gasteiger partial charge on any atom is 0.334 e. The number of cyclic esters (lactones) is 2. The largest absolute Gasteiger partial charge is 0.461 e. The van der Waals surface area contributed by atoms with E-state index in [2.05, 4.69) is 19.9 Å². The first-order valence-corrected chi connectivity index (χ1v) is 9.30. The van der Waals surface area contributed by atoms with Crippen LogP contribution in [0.25, 0.3) is 0 Å². The van der Waals surface area contributed by atoms with Gasteiger partial charge < -0.3 is 14.6 Å². The number of hydrogen-bond donors (Lipinski definition) is 1. The zero-order chi connectivity index (χ0) is 17.8. The van der Waals surface area contributed by atoms with Gasteiger partial charge in [-0.1, -0.05) is 19.9 Å². The summed E-state index contributed by atoms with van der Waals surface area (Å²) in [5.41, 5.74) is 1.24. The van der Waals surface area contributed by atoms with E-state index in [1.165, 1.54) is 6.08 Å². The van der Waals surface area contributed by atoms with Crippen LogP contribution in [0.2, 0.25) is 0 Å². The van der Waals surface area contributed by atoms with Gasteiger partial charge in [-0.2, -0.15) is 0 Å². The summed E-state index contributed by atoms with van der Waals surface area (Å²) in [5.74, 6) is 0.222. The van der Waals surface area contributed by atoms with Gasteiger partial charge in [0.05, 0.1) is 6.10 Å². The lowest BCUT2D eigenvalue weighted by Crippen LogP contribution is -2.52. The lowest BCUT2D eigenvalue weighted by molar-refractivity contribution is -0.136. The molecule has 1 N–H and O–H groups in total. The standard InChI is InChI=1S/C20H26O5/c1-12-6-7-20-11-25-18(23)14(20)4-3-5-16(20)19(12,2)9-15(21)13-8-17(22)24-10-13/h4,8,12,15-16,21H,3,5-7,9-11H2,1-2H3. The van der Waals surface area contributed by atoms with Crippen molar-refractivity contribution in [2.75, 3.05) is 13.2 Å². The van der Waals surface area contributed by atoms with Gasteiger partial charge in [0, 0.05) is 22.6 Å². The molecule has 0 aromatic heterocycles. The topological polar surface area (TPSA) is 72.8 Å². The summed E-state index contributed by atoms with van der Waals surface area (Å²) in [4.78, 5) is 23.6. The van der Waals surface area contributed by atoms with Crippen molar-refractivity contribution in [3.8, 4) is 0 Å². The predicted octanol–water partition coefficient (Wildman–Crippen LogP) is 2.54. The van der Waals surface area contributed by atoms with E-state index < -0.39 is 6.10 Å². The zero-order valence-corrected chi connectivity index (χ0v) is 14.9. The Bertz CT molecular complexity index is 678. The SMILES string of the molecule is CC1CCC23COC(=O)C2=CCCC3C1(C)CC(O)C1=CC(=O)OC1. The molecule has 2 fully saturated rings. The van der Waals surface area contributed by atoms with Crippen molar-refractivity contribution in [3.05, 3.63) is 23.3 Å². The first-order chi connectivity index (χ1) is 11.9. The van der Waals surface area contributed by atoms with E-state index in [4.69, 9.17) is 9.47 Å². The van der Waals surface area contributed by atoms with Crippen LogP contribution in [0.3, 0.4) is 0 Å². The van der Waals surface area contributed by atoms with Crippen LogP contribution in [-0.2, 0) is 19.1 Å². The maximum atomic E-state index is 12.2. The van der Waals surface area contributed by atoms with Gasteiger partial charge in [-0.3, -0.25) is 0 Å². The van der Waals surface area contributed by atoms with Crippen molar-refractivity contribution in [1.29, 1.82) is 0 Å². The van der Waals surface area contributed by atoms with Crippen LogP contribution in [0, 0.1) is 22.7 Å². The lowest BCUT2D eigenvalue weighted by atomic mass is 9.46. The molecule has 136 valence electrons. The van der Waals surface area contributed by atoms with Gasteiger partial charge in [0.2, 0.25) is 0 Å². The van der Waals surface area contributed by atoms with Crippen LogP contribution in [-0.4, -0.2) is 36.4 Å². The van der Waals surface area contributed by atoms with Crippen molar-refractivity contribution in [3.63, 3.8) is 0 Å². The Kier molecular flexibility index (Phi) is 3.83. The molecular formula is C20H26O5. The Balaban J connectivity index is 1.65. The first-order valence-electron chi connectivity index (χ1n) is 9.30. The zero-order valence-electron chi connectivity index (χ0n) is 14.9. The summed E-state index contributed by atoms with van der Waals surface area (Å²) in [6.07, 6.45) is 7.30. The van der Waals surface area contributed by atoms with Crippen molar-refractivity contribution < 1.29 is 24.2 Å². The molecule has 0 aromatic rings. The Hall–Kier alpha value is -1.62. The predicted molar refractivity (Wildman–Crippen MR) is 90.4 cm³/mol. The minimum Gasteiger partial charge on any atom is -0.461 e. The fraction of sp³-hybridized carbons (Fsp3) is 0.700. The van der Waals surface area contributed by atoms with Gasteiger partial charge in [0.1, 0.15) is 13.2 Å². The molecule has 0 radical (unpaired) electrons. The molecule has 5 atom stereocenters. The second kappa shape index (κ2) is 5.70. The molecule has 0 bridgehead atoms. The minimum absolute atomic E-state index is 0.113. The summed E-state index contributed by atoms with van der Waals surface area (Å²) in [5, 5.41) is 10.8. The maximum absolute atomic E-state index is 12.2. The Morgan fingerprint density at radius 2 is 2.12 bits per heavy atom. The average Bonchev–Trinajstić information content (AvgIpc) is 3.16. The Morgan fingerprint density at radius 1 is 1.32 bits per heavy atom. The average molecular weight is 346 g/mol. The minimum atomic E-state index is -0.679. The van der Waals surface area contributed by atoms with E-state index >= 15 is 0 Å². The molecule has 4 rings (SSSR count). The normalized spacial score (nSPS) is 41.2. The number of carbonyl (C=O) groups is 2. The van der Waals surface area contributed by atoms with Gasteiger partial charge in [0.25, 0.3) is 0 Å². The molecule has 4 aliphatic rings. The monoisotopic (exact) mass is 346 g/mol. The van der Waals surface area contributed by atoms with E-state index in [0.717, 1.165) is 31.3 Å². The number of aliphatic hydroxyl groups excluding tert-OH is 1. The summed E-state index contributed by atoms with van der Waals surface area (Å²) in [6.45, 7) is 5.16. The van der Waals surface area contributed by atoms with Gasteiger partial charge in [0.15, 0.2) is 0 Å². The van der Waals surface area contributed by atoms with E-state index in [-0.39, 0.29) is 29.4 Å². The van der Waals surface area contributed by atoms with Gasteiger partial charge >= 0.3 is 11.9 Å². The molecule has 2 heterocycles. The number of carbonyl (C=O) groups excluding carboxylic acids is 2. The van der Waals surface area contributed by atoms with Crippen LogP contribution in [0.1, 0.15) is 46.0 Å². The van der Waals surface area contributed by atoms with Crippen LogP contribution in [0.5, 0.6) is 0 Å². The molecule has 5 nitrogen and oxygen atoms in total. The highest BCUT2D eigenvalue weighted by Crippen LogP contribution is 2.63. The highest BCUT2D eigenvalue weighted by atomic mass is 16.5. The summed E-state index contributed by atoms with van der Waals surface area (Å²) in [6, 6.07) is 0. The third kappa shape index (κ3) is 2.39. The fourth-order valence-electron chi connectivity index (χ4n) is 5.76. The number of hydrogen-bond acceptors (Lipinski definition) is 5. The lowest BCUT2D eigenvalue weighted by Gasteiger charge is -2.57. The van der Waals surface area contributed by atoms with Crippen molar-refractivity contribution in [2.45, 2.75) is 52.1 Å². The fourth-order valence-corrected chi connectivity index (χ4v) is 5.76. The van der Waals surface area contributed by atoms with Crippen molar-refractivity contribution in [1.82, 2.24) is 0 Å². The van der Waals surface area contributed by atoms with Crippen LogP contribution in [0.15, 0.2) is 23.3 Å².